The summed E-state index contributed by atoms with van der Waals surface area (Å²) in [6, 6.07) is 32.1. The average Bonchev–Trinajstić information content (AvgIpc) is 3.81. The summed E-state index contributed by atoms with van der Waals surface area (Å²) >= 11 is 0. The van der Waals surface area contributed by atoms with Crippen LogP contribution in [0.15, 0.2) is 144 Å². The lowest BCUT2D eigenvalue weighted by Gasteiger charge is -2.30. The van der Waals surface area contributed by atoms with Gasteiger partial charge in [0.1, 0.15) is 6.17 Å². The molecule has 0 bridgehead atoms. The van der Waals surface area contributed by atoms with E-state index in [-0.39, 0.29) is 16.3 Å². The standard InChI is InChI=1S/C38H32N10O4S2/c1-53(49,50)29-17-13-26(14-18-29)31-10-7-23-47-34(31)41-37(44-47)42-36(33-12-4-6-22-40-33)46(25-28-9-3-5-21-39-28)38-43-35-32(11-8-24-48(35)45-38)27-15-19-30(20-16-27)54(2,51)52/h3-24,36H,25H2,1-2H3,(H,42,44). The van der Waals surface area contributed by atoms with Crippen molar-refractivity contribution in [3.63, 3.8) is 0 Å². The van der Waals surface area contributed by atoms with Crippen LogP contribution in [-0.2, 0) is 26.2 Å². The predicted molar refractivity (Wildman–Crippen MR) is 204 cm³/mol. The van der Waals surface area contributed by atoms with Gasteiger partial charge in [-0.05, 0) is 83.9 Å². The molecule has 0 amide bonds. The number of hydrogen-bond acceptors (Lipinski definition) is 12. The Kier molecular flexibility index (Phi) is 8.83. The van der Waals surface area contributed by atoms with Crippen molar-refractivity contribution in [2.45, 2.75) is 22.5 Å². The van der Waals surface area contributed by atoms with Crippen molar-refractivity contribution in [2.75, 3.05) is 22.7 Å². The van der Waals surface area contributed by atoms with E-state index in [1.54, 1.807) is 82.3 Å². The maximum Gasteiger partial charge on any atom is 0.248 e. The molecule has 0 aliphatic rings. The Hall–Kier alpha value is -6.52. The van der Waals surface area contributed by atoms with Gasteiger partial charge in [0.2, 0.25) is 11.9 Å². The molecule has 16 heteroatoms. The average molecular weight is 757 g/mol. The van der Waals surface area contributed by atoms with Crippen LogP contribution in [0.4, 0.5) is 11.9 Å². The molecule has 0 radical (unpaired) electrons. The maximum absolute atomic E-state index is 12.1. The van der Waals surface area contributed by atoms with E-state index < -0.39 is 25.8 Å². The van der Waals surface area contributed by atoms with E-state index in [9.17, 15) is 16.8 Å². The van der Waals surface area contributed by atoms with Crippen LogP contribution in [0.25, 0.3) is 33.5 Å². The number of nitrogens with one attached hydrogen (secondary N) is 1. The number of sulfone groups is 2. The second-order valence-electron chi connectivity index (χ2n) is 12.6. The molecule has 1 unspecified atom stereocenters. The summed E-state index contributed by atoms with van der Waals surface area (Å²) in [6.45, 7) is 0.273. The number of hydrogen-bond donors (Lipinski definition) is 1. The molecular formula is C38H32N10O4S2. The van der Waals surface area contributed by atoms with Crippen LogP contribution in [0, 0.1) is 0 Å². The molecule has 270 valence electrons. The van der Waals surface area contributed by atoms with Crippen molar-refractivity contribution < 1.29 is 16.8 Å². The van der Waals surface area contributed by atoms with Gasteiger partial charge in [-0.1, -0.05) is 36.4 Å². The number of fused-ring (bicyclic) bond motifs is 2. The molecule has 2 aromatic carbocycles. The molecule has 1 N–H and O–H groups in total. The molecule has 0 saturated carbocycles. The van der Waals surface area contributed by atoms with Crippen LogP contribution in [0.5, 0.6) is 0 Å². The fourth-order valence-electron chi connectivity index (χ4n) is 6.11. The smallest absolute Gasteiger partial charge is 0.248 e. The second-order valence-corrected chi connectivity index (χ2v) is 16.6. The molecule has 0 aliphatic heterocycles. The van der Waals surface area contributed by atoms with E-state index in [0.717, 1.165) is 27.9 Å². The van der Waals surface area contributed by atoms with Crippen molar-refractivity contribution in [2.24, 2.45) is 0 Å². The van der Waals surface area contributed by atoms with E-state index >= 15 is 0 Å². The molecule has 0 aliphatic carbocycles. The van der Waals surface area contributed by atoms with Crippen molar-refractivity contribution in [3.05, 3.63) is 145 Å². The lowest BCUT2D eigenvalue weighted by atomic mass is 10.1. The van der Waals surface area contributed by atoms with Gasteiger partial charge in [-0.3, -0.25) is 9.97 Å². The molecule has 54 heavy (non-hydrogen) atoms. The molecular weight excluding hydrogens is 725 g/mol. The van der Waals surface area contributed by atoms with Crippen LogP contribution in [0.1, 0.15) is 17.6 Å². The Bertz CT molecular complexity index is 2830. The normalized spacial score (nSPS) is 12.6. The summed E-state index contributed by atoms with van der Waals surface area (Å²) in [7, 11) is -6.72. The quantitative estimate of drug-likeness (QED) is 0.164. The minimum Gasteiger partial charge on any atom is -0.327 e. The SMILES string of the molecule is CS(=O)(=O)c1ccc(-c2cccn3nc(NC(c4ccccn4)N(Cc4ccccn4)c4nc5c(-c6ccc(S(C)(=O)=O)cc6)cccn5n4)nc23)cc1. The first-order chi connectivity index (χ1) is 26.0. The molecule has 1 atom stereocenters. The van der Waals surface area contributed by atoms with Crippen LogP contribution >= 0.6 is 0 Å². The van der Waals surface area contributed by atoms with Gasteiger partial charge in [-0.15, -0.1) is 10.2 Å². The van der Waals surface area contributed by atoms with Gasteiger partial charge in [-0.25, -0.2) is 25.9 Å². The number of anilines is 2. The molecule has 8 rings (SSSR count). The third kappa shape index (κ3) is 6.99. The molecule has 0 spiro atoms. The maximum atomic E-state index is 12.1. The van der Waals surface area contributed by atoms with Gasteiger partial charge >= 0.3 is 0 Å². The van der Waals surface area contributed by atoms with Crippen molar-refractivity contribution >= 4 is 42.9 Å². The highest BCUT2D eigenvalue weighted by Crippen LogP contribution is 2.32. The molecule has 14 nitrogen and oxygen atoms in total. The number of aromatic nitrogens is 8. The van der Waals surface area contributed by atoms with Crippen LogP contribution in [0.3, 0.4) is 0 Å². The zero-order valence-corrected chi connectivity index (χ0v) is 30.6. The lowest BCUT2D eigenvalue weighted by molar-refractivity contribution is 0.600. The molecule has 8 aromatic rings. The third-order valence-corrected chi connectivity index (χ3v) is 11.0. The highest BCUT2D eigenvalue weighted by molar-refractivity contribution is 7.91. The first kappa shape index (κ1) is 34.6. The van der Waals surface area contributed by atoms with Gasteiger partial charge in [0.25, 0.3) is 0 Å². The highest BCUT2D eigenvalue weighted by Gasteiger charge is 2.28. The highest BCUT2D eigenvalue weighted by atomic mass is 32.2. The van der Waals surface area contributed by atoms with Crippen LogP contribution in [-0.4, -0.2) is 68.5 Å². The van der Waals surface area contributed by atoms with E-state index in [1.165, 1.54) is 12.5 Å². The molecule has 0 fully saturated rings. The minimum absolute atomic E-state index is 0.226. The van der Waals surface area contributed by atoms with E-state index in [4.69, 9.17) is 25.1 Å². The zero-order valence-electron chi connectivity index (χ0n) is 29.0. The molecule has 0 saturated heterocycles. The van der Waals surface area contributed by atoms with Gasteiger partial charge < -0.3 is 10.2 Å². The Morgan fingerprint density at radius 1 is 0.630 bits per heavy atom. The van der Waals surface area contributed by atoms with Gasteiger partial charge in [0.05, 0.1) is 27.7 Å². The summed E-state index contributed by atoms with van der Waals surface area (Å²) in [4.78, 5) is 21.6. The molecule has 6 aromatic heterocycles. The first-order valence-electron chi connectivity index (χ1n) is 16.7. The zero-order chi connectivity index (χ0) is 37.5. The monoisotopic (exact) mass is 756 g/mol. The number of benzene rings is 2. The van der Waals surface area contributed by atoms with Crippen molar-refractivity contribution in [3.8, 4) is 22.3 Å². The summed E-state index contributed by atoms with van der Waals surface area (Å²) < 4.78 is 51.8. The van der Waals surface area contributed by atoms with Gasteiger partial charge in [0, 0.05) is 48.4 Å². The second kappa shape index (κ2) is 13.8. The third-order valence-electron chi connectivity index (χ3n) is 8.76. The summed E-state index contributed by atoms with van der Waals surface area (Å²) in [6.07, 6.45) is 8.67. The fraction of sp³-hybridized carbons (Fsp3) is 0.105. The van der Waals surface area contributed by atoms with Gasteiger partial charge in [0.15, 0.2) is 31.0 Å². The fourth-order valence-corrected chi connectivity index (χ4v) is 7.37. The Morgan fingerprint density at radius 3 is 1.72 bits per heavy atom. The molecule has 6 heterocycles. The topological polar surface area (TPSA) is 170 Å². The Morgan fingerprint density at radius 2 is 1.19 bits per heavy atom. The van der Waals surface area contributed by atoms with Crippen molar-refractivity contribution in [1.29, 1.82) is 0 Å². The largest absolute Gasteiger partial charge is 0.327 e. The van der Waals surface area contributed by atoms with E-state index in [2.05, 4.69) is 10.3 Å². The number of nitrogens with zero attached hydrogens (tertiary/aromatic N) is 9. The van der Waals surface area contributed by atoms with E-state index in [1.807, 2.05) is 65.6 Å². The summed E-state index contributed by atoms with van der Waals surface area (Å²) in [5.41, 5.74) is 5.58. The minimum atomic E-state index is -3.37. The van der Waals surface area contributed by atoms with Crippen LogP contribution in [0.2, 0.25) is 0 Å². The van der Waals surface area contributed by atoms with Crippen LogP contribution < -0.4 is 10.2 Å². The Labute approximate surface area is 310 Å². The number of rotatable bonds is 11. The van der Waals surface area contributed by atoms with Crippen molar-refractivity contribution in [1.82, 2.24) is 39.2 Å². The Balaban J connectivity index is 1.22. The predicted octanol–water partition coefficient (Wildman–Crippen LogP) is 5.52. The summed E-state index contributed by atoms with van der Waals surface area (Å²) in [5, 5.41) is 13.2. The lowest BCUT2D eigenvalue weighted by Crippen LogP contribution is -2.35. The summed E-state index contributed by atoms with van der Waals surface area (Å²) in [5.74, 6) is 0.659. The van der Waals surface area contributed by atoms with E-state index in [0.29, 0.717) is 28.9 Å². The van der Waals surface area contributed by atoms with Gasteiger partial charge in [-0.2, -0.15) is 9.97 Å². The number of pyridine rings is 4. The first-order valence-corrected chi connectivity index (χ1v) is 20.5.